The fourth-order valence-corrected chi connectivity index (χ4v) is 2.66. The quantitative estimate of drug-likeness (QED) is 0.517. The van der Waals surface area contributed by atoms with Crippen LogP contribution in [0.25, 0.3) is 0 Å². The lowest BCUT2D eigenvalue weighted by Gasteiger charge is -2.26. The van der Waals surface area contributed by atoms with Gasteiger partial charge in [0.25, 0.3) is 0 Å². The van der Waals surface area contributed by atoms with Crippen molar-refractivity contribution in [2.45, 2.75) is 58.4 Å². The Labute approximate surface area is 121 Å². The van der Waals surface area contributed by atoms with Crippen LogP contribution >= 0.6 is 0 Å². The van der Waals surface area contributed by atoms with Crippen molar-refractivity contribution in [1.82, 2.24) is 4.90 Å². The molecule has 1 rings (SSSR count). The third kappa shape index (κ3) is 5.49. The fourth-order valence-electron chi connectivity index (χ4n) is 2.66. The van der Waals surface area contributed by atoms with Crippen LogP contribution in [0, 0.1) is 5.92 Å². The number of unbranched alkanes of at least 4 members (excludes halogenated alkanes) is 1. The Morgan fingerprint density at radius 2 is 2.25 bits per heavy atom. The van der Waals surface area contributed by atoms with E-state index in [4.69, 9.17) is 4.74 Å². The van der Waals surface area contributed by atoms with Crippen molar-refractivity contribution in [2.75, 3.05) is 19.8 Å². The summed E-state index contributed by atoms with van der Waals surface area (Å²) >= 11 is 0. The summed E-state index contributed by atoms with van der Waals surface area (Å²) in [5.74, 6) is 0.422. The number of aliphatic hydroxyl groups excluding tert-OH is 1. The van der Waals surface area contributed by atoms with Gasteiger partial charge in [-0.2, -0.15) is 0 Å². The average molecular weight is 285 g/mol. The Morgan fingerprint density at radius 3 is 2.90 bits per heavy atom. The smallest absolute Gasteiger partial charge is 0.305 e. The van der Waals surface area contributed by atoms with Gasteiger partial charge in [0.15, 0.2) is 0 Å². The molecular formula is C15H27NO4. The van der Waals surface area contributed by atoms with Gasteiger partial charge in [0.1, 0.15) is 0 Å². The molecule has 0 aromatic carbocycles. The first kappa shape index (κ1) is 17.0. The van der Waals surface area contributed by atoms with Gasteiger partial charge in [-0.05, 0) is 32.1 Å². The fraction of sp³-hybridized carbons (Fsp3) is 0.867. The van der Waals surface area contributed by atoms with Crippen molar-refractivity contribution in [3.63, 3.8) is 0 Å². The molecule has 0 aromatic heterocycles. The number of rotatable bonds is 9. The number of aliphatic hydroxyl groups is 1. The third-order valence-corrected chi connectivity index (χ3v) is 3.80. The maximum Gasteiger partial charge on any atom is 0.305 e. The first-order valence-electron chi connectivity index (χ1n) is 7.64. The monoisotopic (exact) mass is 285 g/mol. The lowest BCUT2D eigenvalue weighted by molar-refractivity contribution is -0.143. The highest BCUT2D eigenvalue weighted by Gasteiger charge is 2.30. The molecule has 1 saturated heterocycles. The largest absolute Gasteiger partial charge is 0.466 e. The Morgan fingerprint density at radius 1 is 1.50 bits per heavy atom. The highest BCUT2D eigenvalue weighted by molar-refractivity contribution is 5.78. The van der Waals surface area contributed by atoms with Crippen molar-refractivity contribution in [3.05, 3.63) is 0 Å². The summed E-state index contributed by atoms with van der Waals surface area (Å²) in [6.07, 6.45) is 4.59. The summed E-state index contributed by atoms with van der Waals surface area (Å²) in [5, 5.41) is 9.25. The Bertz CT molecular complexity index is 319. The SMILES string of the molecule is CCOC(=O)CCCCC(C)CN1C(=O)CCC1CO. The lowest BCUT2D eigenvalue weighted by Crippen LogP contribution is -2.38. The number of likely N-dealkylation sites (tertiary alicyclic amines) is 1. The van der Waals surface area contributed by atoms with Gasteiger partial charge in [-0.15, -0.1) is 0 Å². The average Bonchev–Trinajstić information content (AvgIpc) is 2.76. The van der Waals surface area contributed by atoms with Crippen molar-refractivity contribution >= 4 is 11.9 Å². The van der Waals surface area contributed by atoms with E-state index in [2.05, 4.69) is 6.92 Å². The Kier molecular flexibility index (Phi) is 7.59. The number of hydrogen-bond donors (Lipinski definition) is 1. The van der Waals surface area contributed by atoms with Gasteiger partial charge in [-0.25, -0.2) is 0 Å². The molecular weight excluding hydrogens is 258 g/mol. The summed E-state index contributed by atoms with van der Waals surface area (Å²) < 4.78 is 4.88. The molecule has 116 valence electrons. The summed E-state index contributed by atoms with van der Waals surface area (Å²) in [5.41, 5.74) is 0. The minimum atomic E-state index is -0.129. The van der Waals surface area contributed by atoms with E-state index < -0.39 is 0 Å². The zero-order valence-electron chi connectivity index (χ0n) is 12.6. The molecule has 1 heterocycles. The lowest BCUT2D eigenvalue weighted by atomic mass is 10.0. The van der Waals surface area contributed by atoms with Crippen molar-refractivity contribution in [3.8, 4) is 0 Å². The molecule has 0 saturated carbocycles. The van der Waals surface area contributed by atoms with Crippen LogP contribution in [0.15, 0.2) is 0 Å². The van der Waals surface area contributed by atoms with Crippen molar-refractivity contribution in [1.29, 1.82) is 0 Å². The number of ether oxygens (including phenoxy) is 1. The highest BCUT2D eigenvalue weighted by Crippen LogP contribution is 2.21. The second kappa shape index (κ2) is 8.95. The third-order valence-electron chi connectivity index (χ3n) is 3.80. The molecule has 5 nitrogen and oxygen atoms in total. The predicted molar refractivity (Wildman–Crippen MR) is 76.1 cm³/mol. The number of carbonyl (C=O) groups excluding carboxylic acids is 2. The highest BCUT2D eigenvalue weighted by atomic mass is 16.5. The molecule has 2 atom stereocenters. The molecule has 1 fully saturated rings. The Balaban J connectivity index is 2.18. The molecule has 1 amide bonds. The minimum Gasteiger partial charge on any atom is -0.466 e. The minimum absolute atomic E-state index is 0.00415. The second-order valence-electron chi connectivity index (χ2n) is 5.58. The van der Waals surface area contributed by atoms with E-state index in [9.17, 15) is 14.7 Å². The van der Waals surface area contributed by atoms with E-state index >= 15 is 0 Å². The van der Waals surface area contributed by atoms with Gasteiger partial charge >= 0.3 is 5.97 Å². The van der Waals surface area contributed by atoms with E-state index in [0.29, 0.717) is 31.9 Å². The van der Waals surface area contributed by atoms with E-state index in [1.165, 1.54) is 0 Å². The van der Waals surface area contributed by atoms with Crippen molar-refractivity contribution in [2.24, 2.45) is 5.92 Å². The van der Waals surface area contributed by atoms with E-state index in [1.807, 2.05) is 11.8 Å². The molecule has 0 radical (unpaired) electrons. The second-order valence-corrected chi connectivity index (χ2v) is 5.58. The maximum absolute atomic E-state index is 11.7. The molecule has 2 unspecified atom stereocenters. The van der Waals surface area contributed by atoms with Crippen LogP contribution in [-0.4, -0.2) is 47.7 Å². The van der Waals surface area contributed by atoms with Crippen LogP contribution < -0.4 is 0 Å². The van der Waals surface area contributed by atoms with Gasteiger partial charge in [0.2, 0.25) is 5.91 Å². The zero-order chi connectivity index (χ0) is 15.0. The molecule has 1 N–H and O–H groups in total. The standard InChI is InChI=1S/C15H27NO4/c1-3-20-15(19)7-5-4-6-12(2)10-16-13(11-17)8-9-14(16)18/h12-13,17H,3-11H2,1-2H3. The predicted octanol–water partition coefficient (Wildman–Crippen LogP) is 1.73. The number of amides is 1. The molecule has 0 spiro atoms. The molecule has 1 aliphatic rings. The summed E-state index contributed by atoms with van der Waals surface area (Å²) in [4.78, 5) is 24.7. The first-order valence-corrected chi connectivity index (χ1v) is 7.64. The van der Waals surface area contributed by atoms with Gasteiger partial charge in [-0.3, -0.25) is 9.59 Å². The van der Waals surface area contributed by atoms with Gasteiger partial charge in [0.05, 0.1) is 19.3 Å². The van der Waals surface area contributed by atoms with E-state index in [-0.39, 0.29) is 24.5 Å². The van der Waals surface area contributed by atoms with E-state index in [0.717, 1.165) is 25.7 Å². The van der Waals surface area contributed by atoms with Crippen LogP contribution in [0.5, 0.6) is 0 Å². The van der Waals surface area contributed by atoms with Crippen LogP contribution in [0.1, 0.15) is 52.4 Å². The van der Waals surface area contributed by atoms with Crippen LogP contribution in [0.3, 0.4) is 0 Å². The number of nitrogens with zero attached hydrogens (tertiary/aromatic N) is 1. The molecule has 0 aliphatic carbocycles. The molecule has 1 aliphatic heterocycles. The van der Waals surface area contributed by atoms with Crippen LogP contribution in [0.4, 0.5) is 0 Å². The van der Waals surface area contributed by atoms with Gasteiger partial charge in [0, 0.05) is 19.4 Å². The zero-order valence-corrected chi connectivity index (χ0v) is 12.6. The number of carbonyl (C=O) groups is 2. The van der Waals surface area contributed by atoms with Crippen LogP contribution in [0.2, 0.25) is 0 Å². The summed E-state index contributed by atoms with van der Waals surface area (Å²) in [7, 11) is 0. The molecule has 0 aromatic rings. The summed E-state index contributed by atoms with van der Waals surface area (Å²) in [6, 6.07) is 0.00415. The normalized spacial score (nSPS) is 20.2. The molecule has 5 heteroatoms. The van der Waals surface area contributed by atoms with Crippen LogP contribution in [-0.2, 0) is 14.3 Å². The summed E-state index contributed by atoms with van der Waals surface area (Å²) in [6.45, 7) is 5.13. The van der Waals surface area contributed by atoms with Gasteiger partial charge in [-0.1, -0.05) is 13.3 Å². The first-order chi connectivity index (χ1) is 9.58. The molecule has 20 heavy (non-hydrogen) atoms. The Hall–Kier alpha value is -1.10. The number of hydrogen-bond acceptors (Lipinski definition) is 4. The molecule has 0 bridgehead atoms. The van der Waals surface area contributed by atoms with E-state index in [1.54, 1.807) is 0 Å². The topological polar surface area (TPSA) is 66.8 Å². The maximum atomic E-state index is 11.7. The number of esters is 1. The van der Waals surface area contributed by atoms with Crippen molar-refractivity contribution < 1.29 is 19.4 Å². The van der Waals surface area contributed by atoms with Gasteiger partial charge < -0.3 is 14.7 Å².